The lowest BCUT2D eigenvalue weighted by Crippen LogP contribution is -2.71. The number of anilines is 1. The summed E-state index contributed by atoms with van der Waals surface area (Å²) in [5.41, 5.74) is 15.7. The van der Waals surface area contributed by atoms with Gasteiger partial charge in [0.25, 0.3) is 29.5 Å². The lowest BCUT2D eigenvalue weighted by atomic mass is 10.0. The first kappa shape index (κ1) is 45.0. The number of carbonyl (C=O) groups is 8. The minimum absolute atomic E-state index is 0.0571. The number of aromatic nitrogens is 4. The number of ether oxygens (including phenoxy) is 2. The zero-order valence-corrected chi connectivity index (χ0v) is 36.5. The fraction of sp³-hybridized carbons (Fsp3) is 0.316. The molecule has 2 aliphatic heterocycles. The summed E-state index contributed by atoms with van der Waals surface area (Å²) < 4.78 is 11.6. The van der Waals surface area contributed by atoms with Crippen LogP contribution in [0.15, 0.2) is 51.2 Å². The van der Waals surface area contributed by atoms with Crippen LogP contribution in [0, 0.1) is 0 Å². The standard InChI is InChI=1S/C38H37N11O12S3/c1-15(50)59-23-9-8-17(10-24(23)60-16(2)51)30(53)45-46-36(58)38(3,4)61-47-25(22-14-64-37(40)43-22)31(54)44-26-32(55)48-27(35(56)57)18(13-63-34(26)48)12-62-33-19-6-5-7-21(19)42-29-20(28(39)52)11-41-49(29)33/h8-11,14,26,34H,5-7,12-13H2,1-4H3,(H2,39,52)(H2,40,43)(H,44,54)(H,45,53)(H,46,58)(H,56,57)/b47-25-/t26-,34-/m1/s1. The summed E-state index contributed by atoms with van der Waals surface area (Å²) in [5.74, 6) is -6.95. The highest BCUT2D eigenvalue weighted by Crippen LogP contribution is 2.42. The van der Waals surface area contributed by atoms with E-state index in [1.54, 1.807) is 0 Å². The van der Waals surface area contributed by atoms with E-state index in [0.29, 0.717) is 29.1 Å². The zero-order valence-electron chi connectivity index (χ0n) is 34.1. The van der Waals surface area contributed by atoms with Gasteiger partial charge in [0.1, 0.15) is 33.4 Å². The summed E-state index contributed by atoms with van der Waals surface area (Å²) in [7, 11) is 0. The molecule has 0 bridgehead atoms. The van der Waals surface area contributed by atoms with Gasteiger partial charge in [0.2, 0.25) is 5.60 Å². The number of thioether (sulfide) groups is 2. The number of hydrogen-bond donors (Lipinski definition) is 6. The lowest BCUT2D eigenvalue weighted by Gasteiger charge is -2.49. The van der Waals surface area contributed by atoms with E-state index in [1.807, 2.05) is 0 Å². The Kier molecular flexibility index (Phi) is 12.6. The maximum Gasteiger partial charge on any atom is 0.352 e. The summed E-state index contributed by atoms with van der Waals surface area (Å²) in [5, 5.41) is 22.5. The molecular weight excluding hydrogens is 899 g/mol. The molecule has 0 saturated carbocycles. The minimum atomic E-state index is -1.87. The Labute approximate surface area is 373 Å². The number of oxime groups is 1. The lowest BCUT2D eigenvalue weighted by molar-refractivity contribution is -0.150. The van der Waals surface area contributed by atoms with Gasteiger partial charge in [0, 0.05) is 47.6 Å². The highest BCUT2D eigenvalue weighted by molar-refractivity contribution is 8.01. The van der Waals surface area contributed by atoms with Gasteiger partial charge in [-0.2, -0.15) is 5.10 Å². The molecule has 64 heavy (non-hydrogen) atoms. The number of carbonyl (C=O) groups excluding carboxylic acids is 7. The molecule has 1 saturated heterocycles. The maximum absolute atomic E-state index is 13.8. The average molecular weight is 936 g/mol. The average Bonchev–Trinajstić information content (AvgIpc) is 4.00. The molecule has 26 heteroatoms. The number of nitrogens with one attached hydrogen (secondary N) is 3. The van der Waals surface area contributed by atoms with Crippen LogP contribution in [-0.4, -0.2) is 111 Å². The summed E-state index contributed by atoms with van der Waals surface area (Å²) in [4.78, 5) is 117. The minimum Gasteiger partial charge on any atom is -0.477 e. The molecule has 5 heterocycles. The third-order valence-corrected chi connectivity index (χ3v) is 12.9. The first-order chi connectivity index (χ1) is 30.3. The topological polar surface area (TPSA) is 331 Å². The fourth-order valence-electron chi connectivity index (χ4n) is 6.68. The zero-order chi connectivity index (χ0) is 46.2. The molecule has 0 spiro atoms. The van der Waals surface area contributed by atoms with Crippen LogP contribution in [0.5, 0.6) is 11.5 Å². The van der Waals surface area contributed by atoms with E-state index in [4.69, 9.17) is 25.8 Å². The Morgan fingerprint density at radius 1 is 1.05 bits per heavy atom. The van der Waals surface area contributed by atoms with Gasteiger partial charge in [-0.05, 0) is 56.9 Å². The molecular formula is C38H37N11O12S3. The number of aryl methyl sites for hydroxylation is 1. The summed E-state index contributed by atoms with van der Waals surface area (Å²) in [6.45, 7) is 4.78. The van der Waals surface area contributed by atoms with Crippen molar-refractivity contribution in [3.8, 4) is 11.5 Å². The summed E-state index contributed by atoms with van der Waals surface area (Å²) in [6.07, 6.45) is 3.60. The number of hydrazine groups is 1. The second-order valence-electron chi connectivity index (χ2n) is 14.6. The molecule has 334 valence electrons. The van der Waals surface area contributed by atoms with Crippen molar-refractivity contribution in [2.24, 2.45) is 10.9 Å². The van der Waals surface area contributed by atoms with Crippen LogP contribution in [0.25, 0.3) is 5.65 Å². The number of benzene rings is 1. The van der Waals surface area contributed by atoms with Crippen molar-refractivity contribution in [3.05, 3.63) is 69.1 Å². The molecule has 1 aromatic carbocycles. The van der Waals surface area contributed by atoms with E-state index in [9.17, 15) is 43.5 Å². The SMILES string of the molecule is CC(=O)Oc1ccc(C(=O)NNC(=O)C(C)(C)O/N=C(\C(=O)N[C@@H]2C(=O)N3C(C(=O)O)=C(CSc4c5c(nc6c(C(N)=O)cnn46)CCC5)CS[C@H]23)c2csc(N)n2)cc1OC(C)=O. The quantitative estimate of drug-likeness (QED) is 0.0193. The number of esters is 2. The summed E-state index contributed by atoms with van der Waals surface area (Å²) in [6, 6.07) is 2.38. The van der Waals surface area contributed by atoms with Crippen LogP contribution in [0.2, 0.25) is 0 Å². The van der Waals surface area contributed by atoms with E-state index in [1.165, 1.54) is 65.6 Å². The number of thiazole rings is 1. The second kappa shape index (κ2) is 18.0. The third-order valence-electron chi connectivity index (χ3n) is 9.70. The molecule has 2 atom stereocenters. The van der Waals surface area contributed by atoms with Crippen molar-refractivity contribution >= 4 is 98.8 Å². The van der Waals surface area contributed by atoms with E-state index in [2.05, 4.69) is 36.4 Å². The maximum atomic E-state index is 13.8. The first-order valence-corrected chi connectivity index (χ1v) is 21.9. The van der Waals surface area contributed by atoms with Gasteiger partial charge in [-0.15, -0.1) is 34.9 Å². The van der Waals surface area contributed by atoms with Crippen molar-refractivity contribution in [2.75, 3.05) is 17.2 Å². The largest absolute Gasteiger partial charge is 0.477 e. The number of carboxylic acids is 1. The smallest absolute Gasteiger partial charge is 0.352 e. The van der Waals surface area contributed by atoms with E-state index in [0.717, 1.165) is 53.8 Å². The van der Waals surface area contributed by atoms with Crippen molar-refractivity contribution < 1.29 is 57.8 Å². The molecule has 3 aromatic heterocycles. The van der Waals surface area contributed by atoms with Crippen molar-refractivity contribution in [1.29, 1.82) is 0 Å². The van der Waals surface area contributed by atoms with Crippen molar-refractivity contribution in [1.82, 2.24) is 40.7 Å². The highest BCUT2D eigenvalue weighted by atomic mass is 32.2. The molecule has 0 unspecified atom stereocenters. The molecule has 1 fully saturated rings. The molecule has 3 aliphatic rings. The van der Waals surface area contributed by atoms with Gasteiger partial charge < -0.3 is 36.2 Å². The van der Waals surface area contributed by atoms with Crippen LogP contribution < -0.4 is 37.1 Å². The van der Waals surface area contributed by atoms with E-state index >= 15 is 0 Å². The Morgan fingerprint density at radius 2 is 1.78 bits per heavy atom. The number of primary amides is 1. The molecule has 1 aliphatic carbocycles. The third kappa shape index (κ3) is 9.04. The fourth-order valence-corrected chi connectivity index (χ4v) is 9.90. The molecule has 0 radical (unpaired) electrons. The van der Waals surface area contributed by atoms with Gasteiger partial charge in [-0.25, -0.2) is 19.3 Å². The summed E-state index contributed by atoms with van der Waals surface area (Å²) >= 11 is 3.52. The first-order valence-electron chi connectivity index (χ1n) is 19.0. The molecule has 23 nitrogen and oxygen atoms in total. The van der Waals surface area contributed by atoms with Crippen LogP contribution in [-0.2, 0) is 46.4 Å². The van der Waals surface area contributed by atoms with Crippen LogP contribution in [0.3, 0.4) is 0 Å². The predicted octanol–water partition coefficient (Wildman–Crippen LogP) is 0.698. The number of rotatable bonds is 14. The normalized spacial score (nSPS) is 16.9. The van der Waals surface area contributed by atoms with Gasteiger partial charge >= 0.3 is 17.9 Å². The van der Waals surface area contributed by atoms with Crippen LogP contribution in [0.4, 0.5) is 5.13 Å². The van der Waals surface area contributed by atoms with Gasteiger partial charge in [0.15, 0.2) is 28.0 Å². The Balaban J connectivity index is 1.03. The number of β-lactam (4-membered cyclic amide) rings is 1. The van der Waals surface area contributed by atoms with Gasteiger partial charge in [0.05, 0.1) is 6.20 Å². The van der Waals surface area contributed by atoms with Crippen molar-refractivity contribution in [2.45, 2.75) is 69.0 Å². The molecule has 7 rings (SSSR count). The Morgan fingerprint density at radius 3 is 2.45 bits per heavy atom. The number of nitrogens with two attached hydrogens (primary N) is 2. The molecule has 4 aromatic rings. The highest BCUT2D eigenvalue weighted by Gasteiger charge is 2.54. The van der Waals surface area contributed by atoms with E-state index in [-0.39, 0.29) is 50.7 Å². The number of nitrogen functional groups attached to an aromatic ring is 1. The van der Waals surface area contributed by atoms with Crippen LogP contribution in [0.1, 0.15) is 71.8 Å². The number of carboxylic acid groups (broad SMARTS) is 1. The number of aliphatic carboxylic acids is 1. The Hall–Kier alpha value is -7.06. The van der Waals surface area contributed by atoms with Gasteiger partial charge in [-0.3, -0.25) is 49.3 Å². The van der Waals surface area contributed by atoms with Crippen LogP contribution >= 0.6 is 34.9 Å². The predicted molar refractivity (Wildman–Crippen MR) is 227 cm³/mol. The second-order valence-corrected chi connectivity index (χ2v) is 17.6. The monoisotopic (exact) mass is 935 g/mol. The number of fused-ring (bicyclic) bond motifs is 3. The number of nitrogens with zero attached hydrogens (tertiary/aromatic N) is 6. The number of amides is 5. The molecule has 8 N–H and O–H groups in total. The van der Waals surface area contributed by atoms with E-state index < -0.39 is 70.2 Å². The number of hydrogen-bond acceptors (Lipinski definition) is 19. The van der Waals surface area contributed by atoms with Gasteiger partial charge in [-0.1, -0.05) is 5.16 Å². The molecule has 5 amide bonds. The Bertz CT molecular complexity index is 2750. The van der Waals surface area contributed by atoms with Crippen molar-refractivity contribution in [3.63, 3.8) is 0 Å².